The van der Waals surface area contributed by atoms with Gasteiger partial charge in [0.05, 0.1) is 18.2 Å². The molecular formula is C23H31N5O3. The average molecular weight is 426 g/mol. The summed E-state index contributed by atoms with van der Waals surface area (Å²) in [6, 6.07) is 8.95. The second-order valence-electron chi connectivity index (χ2n) is 8.43. The summed E-state index contributed by atoms with van der Waals surface area (Å²) in [6.45, 7) is 4.97. The van der Waals surface area contributed by atoms with Crippen molar-refractivity contribution in [2.75, 3.05) is 13.1 Å². The summed E-state index contributed by atoms with van der Waals surface area (Å²) in [4.78, 5) is 39.7. The number of rotatable bonds is 7. The standard InChI is InChI=1S/C23H31N5O3/c1-16(2)21(26-20(29)13-17-7-5-4-6-8-17)23(31)28-11-9-19(10-12-28)25-22(30)18-14-24-27(3)15-18/h4-8,14-16,19,21H,9-13H2,1-3H3,(H,25,30)(H,26,29)/t21-/m0/s1. The van der Waals surface area contributed by atoms with Crippen molar-refractivity contribution in [1.29, 1.82) is 0 Å². The Hall–Kier alpha value is -3.16. The maximum absolute atomic E-state index is 13.1. The molecule has 8 nitrogen and oxygen atoms in total. The van der Waals surface area contributed by atoms with Gasteiger partial charge < -0.3 is 15.5 Å². The molecule has 1 aromatic heterocycles. The summed E-state index contributed by atoms with van der Waals surface area (Å²) in [5.74, 6) is -0.383. The highest BCUT2D eigenvalue weighted by atomic mass is 16.2. The number of aryl methyl sites for hydroxylation is 1. The highest BCUT2D eigenvalue weighted by Gasteiger charge is 2.31. The Bertz CT molecular complexity index is 901. The van der Waals surface area contributed by atoms with Gasteiger partial charge in [-0.15, -0.1) is 0 Å². The fourth-order valence-corrected chi connectivity index (χ4v) is 3.77. The second-order valence-corrected chi connectivity index (χ2v) is 8.43. The molecule has 2 aromatic rings. The van der Waals surface area contributed by atoms with Crippen molar-refractivity contribution in [3.05, 3.63) is 53.9 Å². The Morgan fingerprint density at radius 2 is 1.81 bits per heavy atom. The number of carbonyl (C=O) groups excluding carboxylic acids is 3. The van der Waals surface area contributed by atoms with Crippen LogP contribution in [-0.2, 0) is 23.1 Å². The summed E-state index contributed by atoms with van der Waals surface area (Å²) in [7, 11) is 1.77. The van der Waals surface area contributed by atoms with E-state index in [2.05, 4.69) is 15.7 Å². The molecule has 0 saturated carbocycles. The van der Waals surface area contributed by atoms with Crippen LogP contribution in [0.5, 0.6) is 0 Å². The lowest BCUT2D eigenvalue weighted by atomic mass is 9.99. The number of hydrogen-bond acceptors (Lipinski definition) is 4. The molecule has 1 saturated heterocycles. The third-order valence-corrected chi connectivity index (χ3v) is 5.57. The predicted molar refractivity (Wildman–Crippen MR) is 117 cm³/mol. The SMILES string of the molecule is CC(C)[C@H](NC(=O)Cc1ccccc1)C(=O)N1CCC(NC(=O)c2cnn(C)c2)CC1. The van der Waals surface area contributed by atoms with Crippen molar-refractivity contribution in [3.63, 3.8) is 0 Å². The molecule has 0 radical (unpaired) electrons. The van der Waals surface area contributed by atoms with E-state index in [1.807, 2.05) is 44.2 Å². The van der Waals surface area contributed by atoms with E-state index in [-0.39, 0.29) is 36.1 Å². The molecule has 0 spiro atoms. The topological polar surface area (TPSA) is 96.3 Å². The average Bonchev–Trinajstić information content (AvgIpc) is 3.19. The molecule has 2 N–H and O–H groups in total. The monoisotopic (exact) mass is 425 g/mol. The number of benzene rings is 1. The number of likely N-dealkylation sites (tertiary alicyclic amines) is 1. The van der Waals surface area contributed by atoms with E-state index in [1.165, 1.54) is 0 Å². The Morgan fingerprint density at radius 1 is 1.13 bits per heavy atom. The molecule has 0 bridgehead atoms. The summed E-state index contributed by atoms with van der Waals surface area (Å²) < 4.78 is 1.59. The van der Waals surface area contributed by atoms with Gasteiger partial charge in [-0.1, -0.05) is 44.2 Å². The lowest BCUT2D eigenvalue weighted by Crippen LogP contribution is -2.55. The molecule has 3 rings (SSSR count). The van der Waals surface area contributed by atoms with Crippen LogP contribution in [0.2, 0.25) is 0 Å². The van der Waals surface area contributed by atoms with Crippen LogP contribution in [0.4, 0.5) is 0 Å². The minimum Gasteiger partial charge on any atom is -0.349 e. The first-order valence-electron chi connectivity index (χ1n) is 10.7. The first-order valence-corrected chi connectivity index (χ1v) is 10.7. The van der Waals surface area contributed by atoms with Gasteiger partial charge in [-0.05, 0) is 24.3 Å². The molecule has 1 aromatic carbocycles. The second kappa shape index (κ2) is 10.2. The van der Waals surface area contributed by atoms with Gasteiger partial charge in [-0.25, -0.2) is 0 Å². The van der Waals surface area contributed by atoms with Crippen molar-refractivity contribution in [1.82, 2.24) is 25.3 Å². The van der Waals surface area contributed by atoms with Gasteiger partial charge in [0.1, 0.15) is 6.04 Å². The molecule has 166 valence electrons. The number of nitrogens with zero attached hydrogens (tertiary/aromatic N) is 3. The third-order valence-electron chi connectivity index (χ3n) is 5.57. The van der Waals surface area contributed by atoms with E-state index >= 15 is 0 Å². The molecular weight excluding hydrogens is 394 g/mol. The molecule has 8 heteroatoms. The van der Waals surface area contributed by atoms with Gasteiger partial charge >= 0.3 is 0 Å². The number of amides is 3. The lowest BCUT2D eigenvalue weighted by Gasteiger charge is -2.35. The number of carbonyl (C=O) groups is 3. The van der Waals surface area contributed by atoms with Gasteiger partial charge in [0.25, 0.3) is 5.91 Å². The van der Waals surface area contributed by atoms with E-state index in [9.17, 15) is 14.4 Å². The zero-order valence-electron chi connectivity index (χ0n) is 18.4. The van der Waals surface area contributed by atoms with Crippen LogP contribution in [0.1, 0.15) is 42.6 Å². The predicted octanol–water partition coefficient (Wildman–Crippen LogP) is 1.52. The molecule has 1 atom stereocenters. The van der Waals surface area contributed by atoms with Crippen molar-refractivity contribution in [2.45, 2.75) is 45.2 Å². The first-order chi connectivity index (χ1) is 14.8. The molecule has 0 unspecified atom stereocenters. The van der Waals surface area contributed by atoms with E-state index in [0.29, 0.717) is 31.5 Å². The molecule has 0 aliphatic carbocycles. The molecule has 2 heterocycles. The Labute approximate surface area is 183 Å². The van der Waals surface area contributed by atoms with Gasteiger partial charge in [0.2, 0.25) is 11.8 Å². The van der Waals surface area contributed by atoms with E-state index in [1.54, 1.807) is 29.0 Å². The highest BCUT2D eigenvalue weighted by molar-refractivity contribution is 5.94. The van der Waals surface area contributed by atoms with Crippen LogP contribution in [0.3, 0.4) is 0 Å². The maximum atomic E-state index is 13.1. The maximum Gasteiger partial charge on any atom is 0.254 e. The van der Waals surface area contributed by atoms with Crippen LogP contribution in [0.25, 0.3) is 0 Å². The minimum atomic E-state index is -0.558. The first kappa shape index (κ1) is 22.5. The van der Waals surface area contributed by atoms with E-state index in [0.717, 1.165) is 5.56 Å². The summed E-state index contributed by atoms with van der Waals surface area (Å²) in [6.07, 6.45) is 4.83. The van der Waals surface area contributed by atoms with Crippen LogP contribution >= 0.6 is 0 Å². The summed E-state index contributed by atoms with van der Waals surface area (Å²) in [5, 5.41) is 9.96. The van der Waals surface area contributed by atoms with Crippen molar-refractivity contribution in [2.24, 2.45) is 13.0 Å². The van der Waals surface area contributed by atoms with Crippen LogP contribution in [0, 0.1) is 5.92 Å². The fraction of sp³-hybridized carbons (Fsp3) is 0.478. The zero-order chi connectivity index (χ0) is 22.4. The molecule has 1 fully saturated rings. The smallest absolute Gasteiger partial charge is 0.254 e. The third kappa shape index (κ3) is 6.16. The molecule has 31 heavy (non-hydrogen) atoms. The van der Waals surface area contributed by atoms with E-state index in [4.69, 9.17) is 0 Å². The van der Waals surface area contributed by atoms with Crippen LogP contribution in [0.15, 0.2) is 42.7 Å². The largest absolute Gasteiger partial charge is 0.349 e. The van der Waals surface area contributed by atoms with Crippen molar-refractivity contribution in [3.8, 4) is 0 Å². The molecule has 1 aliphatic rings. The van der Waals surface area contributed by atoms with Gasteiger partial charge in [-0.2, -0.15) is 5.10 Å². The van der Waals surface area contributed by atoms with Gasteiger partial charge in [-0.3, -0.25) is 19.1 Å². The lowest BCUT2D eigenvalue weighted by molar-refractivity contribution is -0.138. The Balaban J connectivity index is 1.51. The zero-order valence-corrected chi connectivity index (χ0v) is 18.4. The highest BCUT2D eigenvalue weighted by Crippen LogP contribution is 2.15. The summed E-state index contributed by atoms with van der Waals surface area (Å²) in [5.41, 5.74) is 1.45. The van der Waals surface area contributed by atoms with Crippen molar-refractivity contribution < 1.29 is 14.4 Å². The van der Waals surface area contributed by atoms with Crippen molar-refractivity contribution >= 4 is 17.7 Å². The number of piperidine rings is 1. The van der Waals surface area contributed by atoms with Crippen LogP contribution in [-0.4, -0.2) is 57.6 Å². The fourth-order valence-electron chi connectivity index (χ4n) is 3.77. The van der Waals surface area contributed by atoms with E-state index < -0.39 is 6.04 Å². The quantitative estimate of drug-likeness (QED) is 0.703. The number of hydrogen-bond donors (Lipinski definition) is 2. The minimum absolute atomic E-state index is 0.0157. The Kier molecular flexibility index (Phi) is 7.44. The van der Waals surface area contributed by atoms with Gasteiger partial charge in [0, 0.05) is 32.4 Å². The normalized spacial score (nSPS) is 15.5. The summed E-state index contributed by atoms with van der Waals surface area (Å²) >= 11 is 0. The molecule has 3 amide bonds. The number of nitrogens with one attached hydrogen (secondary N) is 2. The number of aromatic nitrogens is 2. The molecule has 1 aliphatic heterocycles. The van der Waals surface area contributed by atoms with Gasteiger partial charge in [0.15, 0.2) is 0 Å². The van der Waals surface area contributed by atoms with Crippen LogP contribution < -0.4 is 10.6 Å². The Morgan fingerprint density at radius 3 is 2.39 bits per heavy atom.